The molecule has 3 rings (SSSR count). The van der Waals surface area contributed by atoms with Gasteiger partial charge in [0.15, 0.2) is 0 Å². The van der Waals surface area contributed by atoms with Crippen LogP contribution in [0.15, 0.2) is 64.9 Å². The van der Waals surface area contributed by atoms with Crippen LogP contribution in [0, 0.1) is 0 Å². The van der Waals surface area contributed by atoms with Crippen LogP contribution in [0.25, 0.3) is 0 Å². The molecular weight excluding hydrogens is 328 g/mol. The molecule has 0 radical (unpaired) electrons. The van der Waals surface area contributed by atoms with Crippen LogP contribution >= 0.6 is 11.3 Å². The number of ether oxygens (including phenoxy) is 1. The number of esters is 1. The molecule has 0 aliphatic rings. The smallest absolute Gasteiger partial charge is 0.349 e. The fourth-order valence-electron chi connectivity index (χ4n) is 2.04. The van der Waals surface area contributed by atoms with E-state index in [9.17, 15) is 9.59 Å². The second-order valence-corrected chi connectivity index (χ2v) is 5.79. The van der Waals surface area contributed by atoms with E-state index in [2.05, 4.69) is 10.3 Å². The molecule has 0 bridgehead atoms. The third-order valence-corrected chi connectivity index (χ3v) is 4.04. The van der Waals surface area contributed by atoms with Gasteiger partial charge in [-0.15, -0.1) is 11.3 Å². The number of amides is 1. The van der Waals surface area contributed by atoms with Gasteiger partial charge in [0.1, 0.15) is 10.6 Å². The Labute approximate surface area is 142 Å². The molecule has 24 heavy (non-hydrogen) atoms. The molecule has 6 nitrogen and oxygen atoms in total. The highest BCUT2D eigenvalue weighted by Gasteiger charge is 2.26. The summed E-state index contributed by atoms with van der Waals surface area (Å²) in [7, 11) is 0. The van der Waals surface area contributed by atoms with E-state index in [1.165, 1.54) is 23.8 Å². The van der Waals surface area contributed by atoms with E-state index < -0.39 is 18.0 Å². The van der Waals surface area contributed by atoms with E-state index in [-0.39, 0.29) is 6.54 Å². The van der Waals surface area contributed by atoms with Gasteiger partial charge in [-0.25, -0.2) is 4.79 Å². The van der Waals surface area contributed by atoms with Crippen molar-refractivity contribution in [1.82, 2.24) is 10.3 Å². The number of carbonyl (C=O) groups excluding carboxylic acids is 2. The van der Waals surface area contributed by atoms with Crippen LogP contribution in [-0.2, 0) is 16.1 Å². The molecule has 7 heteroatoms. The first-order valence-corrected chi connectivity index (χ1v) is 8.06. The Morgan fingerprint density at radius 3 is 2.83 bits per heavy atom. The summed E-state index contributed by atoms with van der Waals surface area (Å²) >= 11 is 1.25. The third kappa shape index (κ3) is 3.88. The van der Waals surface area contributed by atoms with Gasteiger partial charge in [0, 0.05) is 18.0 Å². The molecule has 3 aromatic rings. The molecule has 0 aliphatic carbocycles. The van der Waals surface area contributed by atoms with Crippen LogP contribution in [-0.4, -0.2) is 16.9 Å². The van der Waals surface area contributed by atoms with E-state index >= 15 is 0 Å². The highest BCUT2D eigenvalue weighted by molar-refractivity contribution is 7.11. The van der Waals surface area contributed by atoms with Crippen molar-refractivity contribution in [3.63, 3.8) is 0 Å². The Balaban J connectivity index is 1.74. The van der Waals surface area contributed by atoms with Crippen molar-refractivity contribution in [3.8, 4) is 0 Å². The molecule has 3 heterocycles. The molecular formula is C17H14N2O4S. The van der Waals surface area contributed by atoms with Gasteiger partial charge in [0.25, 0.3) is 5.91 Å². The first-order valence-electron chi connectivity index (χ1n) is 7.18. The molecule has 1 atom stereocenters. The number of pyridine rings is 1. The molecule has 1 N–H and O–H groups in total. The number of aromatic nitrogens is 1. The van der Waals surface area contributed by atoms with Crippen LogP contribution in [0.2, 0.25) is 0 Å². The fraction of sp³-hybridized carbons (Fsp3) is 0.118. The zero-order valence-electron chi connectivity index (χ0n) is 12.5. The van der Waals surface area contributed by atoms with E-state index in [1.807, 2.05) is 0 Å². The van der Waals surface area contributed by atoms with Crippen molar-refractivity contribution in [3.05, 3.63) is 76.6 Å². The van der Waals surface area contributed by atoms with Crippen molar-refractivity contribution >= 4 is 23.2 Å². The second-order valence-electron chi connectivity index (χ2n) is 4.85. The molecule has 0 fully saturated rings. The molecule has 0 saturated heterocycles. The average molecular weight is 342 g/mol. The zero-order valence-corrected chi connectivity index (χ0v) is 13.4. The number of nitrogens with zero attached hydrogens (tertiary/aromatic N) is 1. The van der Waals surface area contributed by atoms with Crippen molar-refractivity contribution in [2.24, 2.45) is 0 Å². The van der Waals surface area contributed by atoms with E-state index in [0.717, 1.165) is 0 Å². The molecule has 1 amide bonds. The highest BCUT2D eigenvalue weighted by Crippen LogP contribution is 2.20. The van der Waals surface area contributed by atoms with Gasteiger partial charge in [-0.1, -0.05) is 12.1 Å². The Hall–Kier alpha value is -2.93. The number of hydrogen-bond acceptors (Lipinski definition) is 6. The molecule has 0 aromatic carbocycles. The number of thiophene rings is 1. The lowest BCUT2D eigenvalue weighted by Crippen LogP contribution is -2.31. The highest BCUT2D eigenvalue weighted by atomic mass is 32.1. The van der Waals surface area contributed by atoms with Crippen molar-refractivity contribution in [1.29, 1.82) is 0 Å². The quantitative estimate of drug-likeness (QED) is 0.697. The van der Waals surface area contributed by atoms with Crippen molar-refractivity contribution in [2.45, 2.75) is 12.6 Å². The van der Waals surface area contributed by atoms with Crippen LogP contribution in [0.1, 0.15) is 27.1 Å². The molecule has 122 valence electrons. The van der Waals surface area contributed by atoms with E-state index in [0.29, 0.717) is 16.2 Å². The molecule has 3 aromatic heterocycles. The van der Waals surface area contributed by atoms with Gasteiger partial charge in [0.05, 0.1) is 12.8 Å². The lowest BCUT2D eigenvalue weighted by Gasteiger charge is -2.17. The maximum Gasteiger partial charge on any atom is 0.349 e. The molecule has 0 aliphatic heterocycles. The van der Waals surface area contributed by atoms with E-state index in [4.69, 9.17) is 9.15 Å². The predicted octanol–water partition coefficient (Wildman–Crippen LogP) is 2.95. The monoisotopic (exact) mass is 342 g/mol. The summed E-state index contributed by atoms with van der Waals surface area (Å²) in [5, 5.41) is 4.47. The number of furan rings is 1. The topological polar surface area (TPSA) is 81.4 Å². The first kappa shape index (κ1) is 15.9. The van der Waals surface area contributed by atoms with Crippen LogP contribution < -0.4 is 5.32 Å². The van der Waals surface area contributed by atoms with Crippen molar-refractivity contribution in [2.75, 3.05) is 0 Å². The Morgan fingerprint density at radius 2 is 2.17 bits per heavy atom. The van der Waals surface area contributed by atoms with Gasteiger partial charge < -0.3 is 14.5 Å². The normalized spacial score (nSPS) is 11.7. The zero-order chi connectivity index (χ0) is 16.8. The van der Waals surface area contributed by atoms with Gasteiger partial charge in [-0.05, 0) is 29.6 Å². The molecule has 0 spiro atoms. The minimum Gasteiger partial charge on any atom is -0.467 e. The number of hydrogen-bond donors (Lipinski definition) is 1. The van der Waals surface area contributed by atoms with Crippen molar-refractivity contribution < 1.29 is 18.7 Å². The summed E-state index contributed by atoms with van der Waals surface area (Å²) in [5.41, 5.74) is 0.499. The van der Waals surface area contributed by atoms with Crippen LogP contribution in [0.3, 0.4) is 0 Å². The lowest BCUT2D eigenvalue weighted by atomic mass is 10.1. The molecule has 1 unspecified atom stereocenters. The van der Waals surface area contributed by atoms with Gasteiger partial charge in [0.2, 0.25) is 6.10 Å². The summed E-state index contributed by atoms with van der Waals surface area (Å²) in [4.78, 5) is 29.1. The molecule has 0 saturated carbocycles. The van der Waals surface area contributed by atoms with Gasteiger partial charge in [-0.2, -0.15) is 0 Å². The van der Waals surface area contributed by atoms with Gasteiger partial charge in [-0.3, -0.25) is 9.78 Å². The minimum absolute atomic E-state index is 0.207. The predicted molar refractivity (Wildman–Crippen MR) is 87.3 cm³/mol. The average Bonchev–Trinajstić information content (AvgIpc) is 3.31. The summed E-state index contributed by atoms with van der Waals surface area (Å²) in [5.74, 6) is -0.380. The maximum atomic E-state index is 12.5. The SMILES string of the molecule is O=C(OC(C(=O)NCc1ccco1)c1cccnc1)c1cccs1. The summed E-state index contributed by atoms with van der Waals surface area (Å²) in [6, 6.07) is 10.2. The third-order valence-electron chi connectivity index (χ3n) is 3.19. The largest absolute Gasteiger partial charge is 0.467 e. The Kier molecular flexibility index (Phi) is 5.02. The summed E-state index contributed by atoms with van der Waals surface area (Å²) in [6.07, 6.45) is 3.53. The maximum absolute atomic E-state index is 12.5. The van der Waals surface area contributed by atoms with Crippen LogP contribution in [0.4, 0.5) is 0 Å². The lowest BCUT2D eigenvalue weighted by molar-refractivity contribution is -0.130. The Bertz CT molecular complexity index is 785. The summed E-state index contributed by atoms with van der Waals surface area (Å²) in [6.45, 7) is 0.207. The number of carbonyl (C=O) groups is 2. The number of nitrogens with one attached hydrogen (secondary N) is 1. The second kappa shape index (κ2) is 7.56. The van der Waals surface area contributed by atoms with Gasteiger partial charge >= 0.3 is 5.97 Å². The standard InChI is InChI=1S/C17H14N2O4S/c20-16(19-11-13-5-2-8-22-13)15(12-4-1-7-18-10-12)23-17(21)14-6-3-9-24-14/h1-10,15H,11H2,(H,19,20). The fourth-order valence-corrected chi connectivity index (χ4v) is 2.65. The first-order chi connectivity index (χ1) is 11.7. The van der Waals surface area contributed by atoms with E-state index in [1.54, 1.807) is 48.0 Å². The van der Waals surface area contributed by atoms with Crippen LogP contribution in [0.5, 0.6) is 0 Å². The summed E-state index contributed by atoms with van der Waals surface area (Å²) < 4.78 is 10.6. The Morgan fingerprint density at radius 1 is 1.25 bits per heavy atom. The number of rotatable bonds is 6. The minimum atomic E-state index is -1.08.